The number of halogens is 4. The zero-order valence-electron chi connectivity index (χ0n) is 5.82. The molecule has 0 atom stereocenters. The first kappa shape index (κ1) is 11.9. The van der Waals surface area contributed by atoms with Crippen molar-refractivity contribution in [2.75, 3.05) is 0 Å². The molecule has 0 aromatic carbocycles. The van der Waals surface area contributed by atoms with Crippen LogP contribution in [0.15, 0.2) is 12.2 Å². The van der Waals surface area contributed by atoms with Crippen molar-refractivity contribution in [3.05, 3.63) is 12.2 Å². The van der Waals surface area contributed by atoms with Crippen LogP contribution in [0, 0.1) is 0 Å². The molecule has 0 spiro atoms. The van der Waals surface area contributed by atoms with Crippen LogP contribution in [0.2, 0.25) is 0 Å². The molecule has 1 nitrogen and oxygen atoms in total. The summed E-state index contributed by atoms with van der Waals surface area (Å²) in [6, 6.07) is 0. The molecule has 0 aromatic heterocycles. The summed E-state index contributed by atoms with van der Waals surface area (Å²) in [5, 5.41) is 8.99. The molecule has 66 valence electrons. The van der Waals surface area contributed by atoms with Gasteiger partial charge in [-0.25, -0.2) is 0 Å². The Morgan fingerprint density at radius 3 is 2.00 bits per heavy atom. The van der Waals surface area contributed by atoms with E-state index in [1.807, 2.05) is 6.92 Å². The zero-order valence-corrected chi connectivity index (χ0v) is 8.84. The number of allylic oxidation sites excluding steroid dienone is 1. The van der Waals surface area contributed by atoms with Gasteiger partial charge in [0, 0.05) is 0 Å². The van der Waals surface area contributed by atoms with Gasteiger partial charge in [0.1, 0.15) is 0 Å². The molecule has 0 aromatic rings. The largest absolute Gasteiger partial charge is 0.360 e. The Bertz CT molecular complexity index is 147. The highest BCUT2D eigenvalue weighted by atomic mass is 35.5. The van der Waals surface area contributed by atoms with E-state index < -0.39 is 8.85 Å². The van der Waals surface area contributed by atoms with Crippen LogP contribution in [0.4, 0.5) is 0 Å². The number of aliphatic hydroxyl groups is 1. The summed E-state index contributed by atoms with van der Waals surface area (Å²) in [6.07, 6.45) is 3.75. The lowest BCUT2D eigenvalue weighted by Gasteiger charge is -2.24. The van der Waals surface area contributed by atoms with Crippen molar-refractivity contribution in [2.45, 2.75) is 22.2 Å². The monoisotopic (exact) mass is 236 g/mol. The van der Waals surface area contributed by atoms with Gasteiger partial charge in [-0.05, 0) is 12.5 Å². The lowest BCUT2D eigenvalue weighted by molar-refractivity contribution is 0.210. The summed E-state index contributed by atoms with van der Waals surface area (Å²) in [7, 11) is 0. The van der Waals surface area contributed by atoms with Crippen LogP contribution < -0.4 is 0 Å². The molecule has 1 N–H and O–H groups in total. The van der Waals surface area contributed by atoms with Crippen molar-refractivity contribution in [3.63, 3.8) is 0 Å². The second kappa shape index (κ2) is 4.20. The van der Waals surface area contributed by atoms with E-state index in [2.05, 4.69) is 0 Å². The van der Waals surface area contributed by atoms with Crippen LogP contribution in [-0.4, -0.2) is 14.0 Å². The van der Waals surface area contributed by atoms with Gasteiger partial charge in [0.2, 0.25) is 0 Å². The number of hydrogen-bond acceptors (Lipinski definition) is 1. The van der Waals surface area contributed by atoms with E-state index in [1.165, 1.54) is 6.08 Å². The predicted molar refractivity (Wildman–Crippen MR) is 50.5 cm³/mol. The van der Waals surface area contributed by atoms with Gasteiger partial charge in [-0.2, -0.15) is 0 Å². The Kier molecular flexibility index (Phi) is 4.53. The van der Waals surface area contributed by atoms with Crippen LogP contribution in [0.1, 0.15) is 13.3 Å². The molecule has 5 heteroatoms. The molecule has 0 radical (unpaired) electrons. The highest BCUT2D eigenvalue weighted by molar-refractivity contribution is 6.62. The molecule has 0 saturated heterocycles. The number of alkyl halides is 4. The van der Waals surface area contributed by atoms with Crippen molar-refractivity contribution in [3.8, 4) is 0 Å². The van der Waals surface area contributed by atoms with Crippen LogP contribution in [0.25, 0.3) is 0 Å². The average molecular weight is 238 g/mol. The van der Waals surface area contributed by atoms with Crippen molar-refractivity contribution in [1.82, 2.24) is 0 Å². The standard InChI is InChI=1S/C6H8Cl4O/c1-2-3-4-5(7,8)6(9,10)11/h3-4,11H,2H2,1H3/b4-3-. The normalized spacial score (nSPS) is 14.4. The third kappa shape index (κ3) is 3.86. The van der Waals surface area contributed by atoms with Crippen molar-refractivity contribution in [2.24, 2.45) is 0 Å². The van der Waals surface area contributed by atoms with Crippen molar-refractivity contribution in [1.29, 1.82) is 0 Å². The van der Waals surface area contributed by atoms with Gasteiger partial charge in [-0.3, -0.25) is 0 Å². The van der Waals surface area contributed by atoms with Gasteiger partial charge in [-0.1, -0.05) is 59.4 Å². The van der Waals surface area contributed by atoms with E-state index in [-0.39, 0.29) is 0 Å². The molecular formula is C6H8Cl4O. The van der Waals surface area contributed by atoms with Gasteiger partial charge < -0.3 is 5.11 Å². The molecule has 0 saturated carbocycles. The zero-order chi connectivity index (χ0) is 9.12. The predicted octanol–water partition coefficient (Wildman–Crippen LogP) is 3.25. The molecule has 0 heterocycles. The van der Waals surface area contributed by atoms with E-state index in [4.69, 9.17) is 51.5 Å². The van der Waals surface area contributed by atoms with E-state index in [1.54, 1.807) is 6.08 Å². The fraction of sp³-hybridized carbons (Fsp3) is 0.667. The topological polar surface area (TPSA) is 20.2 Å². The van der Waals surface area contributed by atoms with E-state index in [0.29, 0.717) is 0 Å². The van der Waals surface area contributed by atoms with Crippen LogP contribution in [0.5, 0.6) is 0 Å². The lowest BCUT2D eigenvalue weighted by Crippen LogP contribution is -2.33. The van der Waals surface area contributed by atoms with Crippen LogP contribution in [0.3, 0.4) is 0 Å². The number of hydrogen-bond donors (Lipinski definition) is 1. The molecule has 0 aliphatic carbocycles. The van der Waals surface area contributed by atoms with Crippen molar-refractivity contribution < 1.29 is 5.11 Å². The van der Waals surface area contributed by atoms with Crippen LogP contribution in [-0.2, 0) is 0 Å². The summed E-state index contributed by atoms with van der Waals surface area (Å²) in [5.74, 6) is 0. The molecule has 0 rings (SSSR count). The molecule has 0 unspecified atom stereocenters. The lowest BCUT2D eigenvalue weighted by atomic mass is 10.3. The third-order valence-corrected chi connectivity index (χ3v) is 2.75. The summed E-state index contributed by atoms with van der Waals surface area (Å²) in [5.41, 5.74) is 0. The summed E-state index contributed by atoms with van der Waals surface area (Å²) >= 11 is 21.6. The van der Waals surface area contributed by atoms with E-state index in [9.17, 15) is 0 Å². The first-order valence-electron chi connectivity index (χ1n) is 2.97. The molecule has 11 heavy (non-hydrogen) atoms. The van der Waals surface area contributed by atoms with Gasteiger partial charge in [0.05, 0.1) is 0 Å². The Hall–Kier alpha value is 0.860. The average Bonchev–Trinajstić information content (AvgIpc) is 1.81. The second-order valence-electron chi connectivity index (χ2n) is 1.97. The van der Waals surface area contributed by atoms with Gasteiger partial charge >= 0.3 is 0 Å². The molecule has 0 bridgehead atoms. The summed E-state index contributed by atoms with van der Waals surface area (Å²) < 4.78 is -3.83. The van der Waals surface area contributed by atoms with Crippen LogP contribution >= 0.6 is 46.4 Å². The molecule has 0 amide bonds. The van der Waals surface area contributed by atoms with E-state index in [0.717, 1.165) is 6.42 Å². The number of rotatable bonds is 3. The van der Waals surface area contributed by atoms with Crippen molar-refractivity contribution >= 4 is 46.4 Å². The summed E-state index contributed by atoms with van der Waals surface area (Å²) in [4.78, 5) is 0. The molecular weight excluding hydrogens is 230 g/mol. The minimum Gasteiger partial charge on any atom is -0.360 e. The smallest absolute Gasteiger partial charge is 0.252 e. The first-order valence-corrected chi connectivity index (χ1v) is 4.48. The van der Waals surface area contributed by atoms with E-state index >= 15 is 0 Å². The van der Waals surface area contributed by atoms with Gasteiger partial charge in [0.15, 0.2) is 4.33 Å². The molecule has 0 aliphatic rings. The molecule has 0 aliphatic heterocycles. The Balaban J connectivity index is 4.34. The Morgan fingerprint density at radius 2 is 1.73 bits per heavy atom. The second-order valence-corrected chi connectivity index (χ2v) is 4.65. The first-order chi connectivity index (χ1) is 4.81. The maximum absolute atomic E-state index is 8.99. The van der Waals surface area contributed by atoms with Gasteiger partial charge in [-0.15, -0.1) is 0 Å². The highest BCUT2D eigenvalue weighted by Crippen LogP contribution is 2.41. The van der Waals surface area contributed by atoms with Gasteiger partial charge in [0.25, 0.3) is 4.52 Å². The Morgan fingerprint density at radius 1 is 1.27 bits per heavy atom. The maximum Gasteiger partial charge on any atom is 0.252 e. The minimum atomic E-state index is -2.16. The fourth-order valence-electron chi connectivity index (χ4n) is 0.366. The highest BCUT2D eigenvalue weighted by Gasteiger charge is 2.43. The minimum absolute atomic E-state index is 0.741. The SMILES string of the molecule is CC/C=C\C(Cl)(Cl)C(O)(Cl)Cl. The molecule has 0 fully saturated rings. The summed E-state index contributed by atoms with van der Waals surface area (Å²) in [6.45, 7) is 1.89. The third-order valence-electron chi connectivity index (χ3n) is 0.964. The maximum atomic E-state index is 8.99. The Labute approximate surface area is 85.9 Å². The fourth-order valence-corrected chi connectivity index (χ4v) is 0.670. The quantitative estimate of drug-likeness (QED) is 0.590.